The number of rotatable bonds is 5. The highest BCUT2D eigenvalue weighted by atomic mass is 35.5. The Morgan fingerprint density at radius 1 is 1.16 bits per heavy atom. The van der Waals surface area contributed by atoms with Gasteiger partial charge in [0.05, 0.1) is 17.3 Å². The molecule has 2 aromatic heterocycles. The number of primary amides is 1. The predicted molar refractivity (Wildman–Crippen MR) is 96.4 cm³/mol. The third-order valence-corrected chi connectivity index (χ3v) is 3.85. The number of benzene rings is 1. The summed E-state index contributed by atoms with van der Waals surface area (Å²) < 4.78 is 0. The topological polar surface area (TPSA) is 93.8 Å². The van der Waals surface area contributed by atoms with E-state index in [2.05, 4.69) is 20.5 Å². The molecule has 1 amide bonds. The van der Waals surface area contributed by atoms with Crippen molar-refractivity contribution in [1.29, 1.82) is 0 Å². The highest BCUT2D eigenvalue weighted by Gasteiger charge is 2.20. The van der Waals surface area contributed by atoms with E-state index in [0.29, 0.717) is 0 Å². The first-order valence-electron chi connectivity index (χ1n) is 7.61. The largest absolute Gasteiger partial charge is 0.365 e. The lowest BCUT2D eigenvalue weighted by Crippen LogP contribution is -2.20. The first kappa shape index (κ1) is 16.9. The molecule has 0 aliphatic heterocycles. The third kappa shape index (κ3) is 3.92. The summed E-state index contributed by atoms with van der Waals surface area (Å²) in [6.07, 6.45) is 1.71. The van der Waals surface area contributed by atoms with Gasteiger partial charge >= 0.3 is 0 Å². The van der Waals surface area contributed by atoms with Crippen molar-refractivity contribution in [3.05, 3.63) is 82.3 Å². The Bertz CT molecular complexity index is 901. The average Bonchev–Trinajstić information content (AvgIpc) is 2.61. The fourth-order valence-corrected chi connectivity index (χ4v) is 2.67. The molecule has 0 saturated heterocycles. The molecular weight excluding hydrogens is 338 g/mol. The Kier molecular flexibility index (Phi) is 4.90. The highest BCUT2D eigenvalue weighted by Crippen LogP contribution is 2.27. The van der Waals surface area contributed by atoms with E-state index in [1.807, 2.05) is 49.4 Å². The van der Waals surface area contributed by atoms with E-state index in [0.717, 1.165) is 16.8 Å². The number of carbonyl (C=O) groups excluding carboxylic acids is 1. The Balaban J connectivity index is 2.06. The Morgan fingerprint density at radius 3 is 2.68 bits per heavy atom. The number of nitrogens with one attached hydrogen (secondary N) is 1. The molecule has 1 atom stereocenters. The number of pyridine rings is 1. The van der Waals surface area contributed by atoms with Gasteiger partial charge in [-0.3, -0.25) is 9.78 Å². The molecule has 0 aliphatic carbocycles. The second kappa shape index (κ2) is 7.27. The van der Waals surface area contributed by atoms with Crippen molar-refractivity contribution in [1.82, 2.24) is 15.2 Å². The molecule has 0 radical (unpaired) electrons. The number of hydrogen-bond donors (Lipinski definition) is 2. The van der Waals surface area contributed by atoms with E-state index in [4.69, 9.17) is 17.3 Å². The van der Waals surface area contributed by atoms with E-state index >= 15 is 0 Å². The lowest BCUT2D eigenvalue weighted by molar-refractivity contribution is 0.100. The maximum absolute atomic E-state index is 11.7. The summed E-state index contributed by atoms with van der Waals surface area (Å²) >= 11 is 5.83. The quantitative estimate of drug-likeness (QED) is 0.735. The Morgan fingerprint density at radius 2 is 2.00 bits per heavy atom. The van der Waals surface area contributed by atoms with Gasteiger partial charge in [0.25, 0.3) is 5.91 Å². The second-order valence-corrected chi connectivity index (χ2v) is 5.93. The van der Waals surface area contributed by atoms with Crippen molar-refractivity contribution in [3.63, 3.8) is 0 Å². The van der Waals surface area contributed by atoms with Gasteiger partial charge in [0.2, 0.25) is 0 Å². The zero-order valence-corrected chi connectivity index (χ0v) is 14.2. The summed E-state index contributed by atoms with van der Waals surface area (Å²) in [5, 5.41) is 11.1. The van der Waals surface area contributed by atoms with Crippen LogP contribution in [0.3, 0.4) is 0 Å². The molecule has 1 unspecified atom stereocenters. The highest BCUT2D eigenvalue weighted by molar-refractivity contribution is 6.29. The summed E-state index contributed by atoms with van der Waals surface area (Å²) in [7, 11) is 0. The van der Waals surface area contributed by atoms with Crippen LogP contribution in [0.4, 0.5) is 5.82 Å². The van der Waals surface area contributed by atoms with Gasteiger partial charge in [0.15, 0.2) is 11.0 Å². The van der Waals surface area contributed by atoms with E-state index in [-0.39, 0.29) is 22.6 Å². The van der Waals surface area contributed by atoms with Crippen molar-refractivity contribution in [2.45, 2.75) is 13.0 Å². The molecule has 3 aromatic rings. The summed E-state index contributed by atoms with van der Waals surface area (Å²) in [4.78, 5) is 16.1. The molecule has 2 heterocycles. The molecule has 0 aliphatic rings. The number of aromatic nitrogens is 3. The molecular formula is C18H16ClN5O. The number of halogens is 1. The lowest BCUT2D eigenvalue weighted by Gasteiger charge is -2.20. The normalized spacial score (nSPS) is 11.8. The maximum Gasteiger partial charge on any atom is 0.252 e. The van der Waals surface area contributed by atoms with Crippen LogP contribution in [0.25, 0.3) is 0 Å². The van der Waals surface area contributed by atoms with Crippen molar-refractivity contribution in [2.75, 3.05) is 5.32 Å². The minimum Gasteiger partial charge on any atom is -0.365 e. The van der Waals surface area contributed by atoms with E-state index < -0.39 is 5.91 Å². The van der Waals surface area contributed by atoms with Gasteiger partial charge in [-0.2, -0.15) is 0 Å². The van der Waals surface area contributed by atoms with E-state index in [1.165, 1.54) is 6.07 Å². The summed E-state index contributed by atoms with van der Waals surface area (Å²) in [6.45, 7) is 2.01. The van der Waals surface area contributed by atoms with Crippen LogP contribution in [0.2, 0.25) is 5.15 Å². The van der Waals surface area contributed by atoms with Gasteiger partial charge in [0, 0.05) is 6.20 Å². The van der Waals surface area contributed by atoms with Crippen LogP contribution >= 0.6 is 11.6 Å². The maximum atomic E-state index is 11.7. The monoisotopic (exact) mass is 353 g/mol. The van der Waals surface area contributed by atoms with Crippen LogP contribution in [-0.2, 0) is 0 Å². The standard InChI is InChI=1S/C18H16ClN5O/c1-11-5-4-6-12(9-11)16(14-7-2-3-8-21-14)22-18-13(17(20)25)10-15(19)23-24-18/h2-10,16H,1H3,(H2,20,25)(H,22,24). The number of anilines is 1. The minimum atomic E-state index is -0.636. The van der Waals surface area contributed by atoms with E-state index in [1.54, 1.807) is 6.20 Å². The molecule has 25 heavy (non-hydrogen) atoms. The van der Waals surface area contributed by atoms with Crippen LogP contribution in [0, 0.1) is 6.92 Å². The molecule has 0 saturated carbocycles. The van der Waals surface area contributed by atoms with Crippen molar-refractivity contribution in [2.24, 2.45) is 5.73 Å². The van der Waals surface area contributed by atoms with E-state index in [9.17, 15) is 4.79 Å². The van der Waals surface area contributed by atoms with Crippen LogP contribution in [0.15, 0.2) is 54.7 Å². The smallest absolute Gasteiger partial charge is 0.252 e. The summed E-state index contributed by atoms with van der Waals surface area (Å²) in [5.41, 5.74) is 8.48. The number of hydrogen-bond acceptors (Lipinski definition) is 5. The molecule has 0 bridgehead atoms. The zero-order valence-electron chi connectivity index (χ0n) is 13.5. The van der Waals surface area contributed by atoms with Crippen LogP contribution < -0.4 is 11.1 Å². The van der Waals surface area contributed by atoms with Gasteiger partial charge in [-0.25, -0.2) is 0 Å². The number of amides is 1. The Hall–Kier alpha value is -2.99. The van der Waals surface area contributed by atoms with Crippen LogP contribution in [-0.4, -0.2) is 21.1 Å². The zero-order chi connectivity index (χ0) is 17.8. The molecule has 1 aromatic carbocycles. The molecule has 3 N–H and O–H groups in total. The number of nitrogens with two attached hydrogens (primary N) is 1. The van der Waals surface area contributed by atoms with Gasteiger partial charge in [-0.15, -0.1) is 10.2 Å². The Labute approximate surface area is 150 Å². The SMILES string of the molecule is Cc1cccc(C(Nc2nnc(Cl)cc2C(N)=O)c2ccccn2)c1. The first-order valence-corrected chi connectivity index (χ1v) is 7.99. The summed E-state index contributed by atoms with van der Waals surface area (Å²) in [5.74, 6) is -0.377. The third-order valence-electron chi connectivity index (χ3n) is 3.67. The number of nitrogens with zero attached hydrogens (tertiary/aromatic N) is 3. The number of carbonyl (C=O) groups is 1. The molecule has 0 fully saturated rings. The second-order valence-electron chi connectivity index (χ2n) is 5.54. The fourth-order valence-electron chi connectivity index (χ4n) is 2.52. The van der Waals surface area contributed by atoms with Crippen molar-refractivity contribution < 1.29 is 4.79 Å². The first-order chi connectivity index (χ1) is 12.0. The van der Waals surface area contributed by atoms with Crippen LogP contribution in [0.5, 0.6) is 0 Å². The minimum absolute atomic E-state index is 0.101. The molecule has 0 spiro atoms. The summed E-state index contributed by atoms with van der Waals surface area (Å²) in [6, 6.07) is 14.7. The number of aryl methyl sites for hydroxylation is 1. The van der Waals surface area contributed by atoms with Gasteiger partial charge in [-0.05, 0) is 30.7 Å². The van der Waals surface area contributed by atoms with Crippen molar-refractivity contribution in [3.8, 4) is 0 Å². The fraction of sp³-hybridized carbons (Fsp3) is 0.111. The average molecular weight is 354 g/mol. The van der Waals surface area contributed by atoms with Gasteiger partial charge < -0.3 is 11.1 Å². The lowest BCUT2D eigenvalue weighted by atomic mass is 10.0. The molecule has 7 heteroatoms. The molecule has 126 valence electrons. The van der Waals surface area contributed by atoms with Crippen molar-refractivity contribution >= 4 is 23.3 Å². The van der Waals surface area contributed by atoms with Crippen LogP contribution in [0.1, 0.15) is 33.2 Å². The van der Waals surface area contributed by atoms with Gasteiger partial charge in [-0.1, -0.05) is 47.5 Å². The predicted octanol–water partition coefficient (Wildman–Crippen LogP) is 3.13. The van der Waals surface area contributed by atoms with Gasteiger partial charge in [0.1, 0.15) is 0 Å². The molecule has 3 rings (SSSR count). The molecule has 6 nitrogen and oxygen atoms in total.